The molecule has 25 heavy (non-hydrogen) atoms. The number of methoxy groups -OCH3 is 1. The van der Waals surface area contributed by atoms with Gasteiger partial charge in [-0.1, -0.05) is 80.1 Å². The van der Waals surface area contributed by atoms with E-state index < -0.39 is 0 Å². The van der Waals surface area contributed by atoms with Gasteiger partial charge in [0.25, 0.3) is 0 Å². The van der Waals surface area contributed by atoms with Gasteiger partial charge in [-0.05, 0) is 41.3 Å². The van der Waals surface area contributed by atoms with Crippen molar-refractivity contribution < 1.29 is 9.53 Å². The van der Waals surface area contributed by atoms with Gasteiger partial charge in [-0.25, -0.2) is 4.79 Å². The normalized spacial score (nSPS) is 9.76. The van der Waals surface area contributed by atoms with Crippen molar-refractivity contribution in [3.63, 3.8) is 0 Å². The molecule has 0 aliphatic rings. The summed E-state index contributed by atoms with van der Waals surface area (Å²) in [6, 6.07) is 24.3. The van der Waals surface area contributed by atoms with E-state index >= 15 is 0 Å². The van der Waals surface area contributed by atoms with Crippen LogP contribution in [0, 0.1) is 6.92 Å². The topological polar surface area (TPSA) is 26.3 Å². The summed E-state index contributed by atoms with van der Waals surface area (Å²) in [6.45, 7) is 6.08. The lowest BCUT2D eigenvalue weighted by molar-refractivity contribution is 0.0601. The molecule has 3 aromatic carbocycles. The van der Waals surface area contributed by atoms with Gasteiger partial charge in [0.05, 0.1) is 12.7 Å². The van der Waals surface area contributed by atoms with Gasteiger partial charge < -0.3 is 4.74 Å². The summed E-state index contributed by atoms with van der Waals surface area (Å²) in [5.74, 6) is -0.317. The molecule has 0 heterocycles. The Labute approximate surface area is 150 Å². The van der Waals surface area contributed by atoms with Crippen LogP contribution in [-0.2, 0) is 4.74 Å². The van der Waals surface area contributed by atoms with Gasteiger partial charge >= 0.3 is 5.97 Å². The average molecular weight is 332 g/mol. The number of hydrogen-bond acceptors (Lipinski definition) is 2. The molecule has 0 unspecified atom stereocenters. The molecule has 0 spiro atoms. The molecule has 0 aliphatic heterocycles. The smallest absolute Gasteiger partial charge is 0.337 e. The molecule has 0 aromatic heterocycles. The highest BCUT2D eigenvalue weighted by atomic mass is 16.5. The summed E-state index contributed by atoms with van der Waals surface area (Å²) >= 11 is 0. The second-order valence-corrected chi connectivity index (χ2v) is 5.52. The molecule has 0 saturated carbocycles. The number of esters is 1. The van der Waals surface area contributed by atoms with Gasteiger partial charge in [0, 0.05) is 0 Å². The predicted octanol–water partition coefficient (Wildman–Crippen LogP) is 6.14. The van der Waals surface area contributed by atoms with Crippen molar-refractivity contribution in [2.24, 2.45) is 0 Å². The zero-order valence-corrected chi connectivity index (χ0v) is 15.2. The Kier molecular flexibility index (Phi) is 6.53. The predicted molar refractivity (Wildman–Crippen MR) is 105 cm³/mol. The first-order valence-electron chi connectivity index (χ1n) is 8.53. The Morgan fingerprint density at radius 1 is 0.720 bits per heavy atom. The summed E-state index contributed by atoms with van der Waals surface area (Å²) in [4.78, 5) is 11.6. The lowest BCUT2D eigenvalue weighted by Crippen LogP contribution is -2.00. The summed E-state index contributed by atoms with van der Waals surface area (Å²) in [6.07, 6.45) is 0. The van der Waals surface area contributed by atoms with Crippen molar-refractivity contribution in [2.45, 2.75) is 20.8 Å². The van der Waals surface area contributed by atoms with E-state index in [2.05, 4.69) is 55.5 Å². The minimum Gasteiger partial charge on any atom is -0.465 e. The fourth-order valence-corrected chi connectivity index (χ4v) is 2.54. The van der Waals surface area contributed by atoms with Crippen LogP contribution in [0.3, 0.4) is 0 Å². The Morgan fingerprint density at radius 2 is 1.20 bits per heavy atom. The van der Waals surface area contributed by atoms with Crippen LogP contribution in [0.25, 0.3) is 22.3 Å². The molecule has 0 aliphatic carbocycles. The van der Waals surface area contributed by atoms with Crippen LogP contribution in [0.15, 0.2) is 72.8 Å². The van der Waals surface area contributed by atoms with Crippen molar-refractivity contribution in [2.75, 3.05) is 7.11 Å². The van der Waals surface area contributed by atoms with E-state index in [4.69, 9.17) is 4.74 Å². The number of aryl methyl sites for hydroxylation is 1. The third-order valence-corrected chi connectivity index (χ3v) is 3.89. The maximum Gasteiger partial charge on any atom is 0.337 e. The van der Waals surface area contributed by atoms with E-state index in [9.17, 15) is 4.79 Å². The van der Waals surface area contributed by atoms with Crippen LogP contribution in [-0.4, -0.2) is 13.1 Å². The molecule has 0 saturated heterocycles. The van der Waals surface area contributed by atoms with E-state index in [1.165, 1.54) is 23.8 Å². The van der Waals surface area contributed by atoms with Crippen LogP contribution in [0.2, 0.25) is 0 Å². The quantitative estimate of drug-likeness (QED) is 0.538. The minimum atomic E-state index is -0.317. The van der Waals surface area contributed by atoms with Crippen molar-refractivity contribution >= 4 is 5.97 Å². The third-order valence-electron chi connectivity index (χ3n) is 3.89. The van der Waals surface area contributed by atoms with Gasteiger partial charge in [-0.2, -0.15) is 0 Å². The van der Waals surface area contributed by atoms with Crippen molar-refractivity contribution in [3.8, 4) is 22.3 Å². The molecule has 0 atom stereocenters. The molecule has 2 nitrogen and oxygen atoms in total. The van der Waals surface area contributed by atoms with Crippen molar-refractivity contribution in [1.29, 1.82) is 0 Å². The Balaban J connectivity index is 0.00000109. The molecule has 128 valence electrons. The average Bonchev–Trinajstić information content (AvgIpc) is 2.70. The fourth-order valence-electron chi connectivity index (χ4n) is 2.54. The summed E-state index contributed by atoms with van der Waals surface area (Å²) in [7, 11) is 1.39. The number of rotatable bonds is 3. The van der Waals surface area contributed by atoms with E-state index in [0.717, 1.165) is 11.1 Å². The van der Waals surface area contributed by atoms with E-state index in [1.807, 2.05) is 32.0 Å². The van der Waals surface area contributed by atoms with Crippen LogP contribution in [0.1, 0.15) is 29.8 Å². The van der Waals surface area contributed by atoms with Crippen molar-refractivity contribution in [3.05, 3.63) is 83.9 Å². The first-order chi connectivity index (χ1) is 12.2. The maximum atomic E-state index is 11.6. The van der Waals surface area contributed by atoms with Gasteiger partial charge in [0.2, 0.25) is 0 Å². The third kappa shape index (κ3) is 4.57. The van der Waals surface area contributed by atoms with Gasteiger partial charge in [-0.3, -0.25) is 0 Å². The summed E-state index contributed by atoms with van der Waals surface area (Å²) in [5.41, 5.74) is 6.27. The maximum absolute atomic E-state index is 11.6. The molecule has 0 bridgehead atoms. The monoisotopic (exact) mass is 332 g/mol. The Bertz CT molecular complexity index is 815. The van der Waals surface area contributed by atoms with E-state index in [1.54, 1.807) is 6.07 Å². The van der Waals surface area contributed by atoms with Crippen LogP contribution >= 0.6 is 0 Å². The molecule has 0 fully saturated rings. The number of hydrogen-bond donors (Lipinski definition) is 0. The second-order valence-electron chi connectivity index (χ2n) is 5.52. The molecule has 3 aromatic rings. The summed E-state index contributed by atoms with van der Waals surface area (Å²) < 4.78 is 4.77. The molecule has 0 N–H and O–H groups in total. The van der Waals surface area contributed by atoms with Crippen molar-refractivity contribution in [1.82, 2.24) is 0 Å². The molecular weight excluding hydrogens is 308 g/mol. The Hall–Kier alpha value is -2.87. The van der Waals surface area contributed by atoms with E-state index in [-0.39, 0.29) is 5.97 Å². The molecule has 0 amide bonds. The van der Waals surface area contributed by atoms with Crippen LogP contribution in [0.5, 0.6) is 0 Å². The first-order valence-corrected chi connectivity index (χ1v) is 8.53. The number of carbonyl (C=O) groups excluding carboxylic acids is 1. The number of ether oxygens (including phenoxy) is 1. The van der Waals surface area contributed by atoms with Gasteiger partial charge in [0.15, 0.2) is 0 Å². The lowest BCUT2D eigenvalue weighted by atomic mass is 9.99. The molecule has 3 rings (SSSR count). The number of benzene rings is 3. The lowest BCUT2D eigenvalue weighted by Gasteiger charge is -2.07. The fraction of sp³-hybridized carbons (Fsp3) is 0.174. The largest absolute Gasteiger partial charge is 0.465 e. The van der Waals surface area contributed by atoms with E-state index in [0.29, 0.717) is 5.56 Å². The van der Waals surface area contributed by atoms with Gasteiger partial charge in [-0.15, -0.1) is 0 Å². The number of carbonyl (C=O) groups is 1. The highest BCUT2D eigenvalue weighted by Crippen LogP contribution is 2.25. The standard InChI is InChI=1S/C21H18O2.C2H6/c1-15-6-8-16(9-7-15)17-10-12-18(13-11-17)19-4-3-5-20(14-19)21(22)23-2;1-2/h3-14H,1-2H3;1-2H3. The molecular formula is C23H24O2. The SMILES string of the molecule is CC.COC(=O)c1cccc(-c2ccc(-c3ccc(C)cc3)cc2)c1. The Morgan fingerprint density at radius 3 is 1.72 bits per heavy atom. The first kappa shape index (κ1) is 18.5. The summed E-state index contributed by atoms with van der Waals surface area (Å²) in [5, 5.41) is 0. The van der Waals surface area contributed by atoms with Crippen LogP contribution < -0.4 is 0 Å². The van der Waals surface area contributed by atoms with Crippen LogP contribution in [0.4, 0.5) is 0 Å². The molecule has 2 heteroatoms. The molecule has 0 radical (unpaired) electrons. The minimum absolute atomic E-state index is 0.317. The zero-order valence-electron chi connectivity index (χ0n) is 15.2. The second kappa shape index (κ2) is 8.84. The zero-order chi connectivity index (χ0) is 18.2. The van der Waals surface area contributed by atoms with Gasteiger partial charge in [0.1, 0.15) is 0 Å². The highest BCUT2D eigenvalue weighted by molar-refractivity contribution is 5.91. The highest BCUT2D eigenvalue weighted by Gasteiger charge is 2.07.